The Bertz CT molecular complexity index is 394. The molecule has 1 aliphatic carbocycles. The van der Waals surface area contributed by atoms with E-state index in [1.165, 1.54) is 11.1 Å². The molecule has 0 aromatic heterocycles. The summed E-state index contributed by atoms with van der Waals surface area (Å²) < 4.78 is 0. The number of terminal acetylenes is 1. The van der Waals surface area contributed by atoms with E-state index in [1.807, 2.05) is 0 Å². The second-order valence-electron chi connectivity index (χ2n) is 4.66. The Morgan fingerprint density at radius 1 is 1.40 bits per heavy atom. The minimum atomic E-state index is 0.0717. The van der Waals surface area contributed by atoms with Crippen molar-refractivity contribution in [2.24, 2.45) is 0 Å². The standard InChI is InChI=1S/C14H17N/c1-4-14(8-9-14)13-7-5-6-12(10-13)11-15(2)3/h1,5-7,10H,8-9,11H2,2-3H3. The smallest absolute Gasteiger partial charge is 0.0561 e. The molecule has 1 nitrogen and oxygen atoms in total. The number of rotatable bonds is 3. The molecule has 2 rings (SSSR count). The van der Waals surface area contributed by atoms with E-state index in [-0.39, 0.29) is 5.41 Å². The average Bonchev–Trinajstić information content (AvgIpc) is 2.97. The summed E-state index contributed by atoms with van der Waals surface area (Å²) in [4.78, 5) is 2.18. The molecule has 15 heavy (non-hydrogen) atoms. The van der Waals surface area contributed by atoms with Gasteiger partial charge in [0.25, 0.3) is 0 Å². The van der Waals surface area contributed by atoms with Crippen LogP contribution in [0.5, 0.6) is 0 Å². The van der Waals surface area contributed by atoms with Gasteiger partial charge < -0.3 is 4.90 Å². The molecule has 0 aliphatic heterocycles. The summed E-state index contributed by atoms with van der Waals surface area (Å²) >= 11 is 0. The molecule has 1 fully saturated rings. The molecule has 1 heteroatoms. The largest absolute Gasteiger partial charge is 0.305 e. The third-order valence-electron chi connectivity index (χ3n) is 3.00. The van der Waals surface area contributed by atoms with Gasteiger partial charge in [-0.15, -0.1) is 6.42 Å². The average molecular weight is 199 g/mol. The van der Waals surface area contributed by atoms with E-state index in [9.17, 15) is 0 Å². The van der Waals surface area contributed by atoms with Gasteiger partial charge in [0.15, 0.2) is 0 Å². The fourth-order valence-corrected chi connectivity index (χ4v) is 1.97. The van der Waals surface area contributed by atoms with Crippen molar-refractivity contribution in [1.82, 2.24) is 4.90 Å². The number of hydrogen-bond donors (Lipinski definition) is 0. The summed E-state index contributed by atoms with van der Waals surface area (Å²) in [6.45, 7) is 0.981. The molecule has 0 saturated heterocycles. The van der Waals surface area contributed by atoms with E-state index >= 15 is 0 Å². The molecule has 1 aromatic carbocycles. The zero-order valence-corrected chi connectivity index (χ0v) is 9.46. The Morgan fingerprint density at radius 2 is 2.13 bits per heavy atom. The highest BCUT2D eigenvalue weighted by Gasteiger charge is 2.42. The first-order valence-corrected chi connectivity index (χ1v) is 5.38. The van der Waals surface area contributed by atoms with Crippen molar-refractivity contribution in [3.8, 4) is 12.3 Å². The first kappa shape index (κ1) is 10.3. The minimum Gasteiger partial charge on any atom is -0.305 e. The van der Waals surface area contributed by atoms with Crippen LogP contribution >= 0.6 is 0 Å². The van der Waals surface area contributed by atoms with Crippen molar-refractivity contribution in [3.05, 3.63) is 35.4 Å². The predicted molar refractivity (Wildman–Crippen MR) is 63.6 cm³/mol. The Balaban J connectivity index is 2.24. The van der Waals surface area contributed by atoms with Gasteiger partial charge in [0.2, 0.25) is 0 Å². The van der Waals surface area contributed by atoms with Crippen LogP contribution < -0.4 is 0 Å². The maximum atomic E-state index is 5.59. The fourth-order valence-electron chi connectivity index (χ4n) is 1.97. The highest BCUT2D eigenvalue weighted by molar-refractivity contribution is 5.42. The second-order valence-corrected chi connectivity index (χ2v) is 4.66. The lowest BCUT2D eigenvalue weighted by Gasteiger charge is -2.13. The molecule has 0 radical (unpaired) electrons. The van der Waals surface area contributed by atoms with Gasteiger partial charge in [-0.3, -0.25) is 0 Å². The van der Waals surface area contributed by atoms with Gasteiger partial charge in [0, 0.05) is 6.54 Å². The van der Waals surface area contributed by atoms with E-state index in [1.54, 1.807) is 0 Å². The quantitative estimate of drug-likeness (QED) is 0.676. The maximum Gasteiger partial charge on any atom is 0.0561 e. The summed E-state index contributed by atoms with van der Waals surface area (Å²) in [5.74, 6) is 2.94. The summed E-state index contributed by atoms with van der Waals surface area (Å²) in [7, 11) is 4.17. The fraction of sp³-hybridized carbons (Fsp3) is 0.429. The summed E-state index contributed by atoms with van der Waals surface area (Å²) in [5, 5.41) is 0. The van der Waals surface area contributed by atoms with Crippen LogP contribution in [0.25, 0.3) is 0 Å². The summed E-state index contributed by atoms with van der Waals surface area (Å²) in [6.07, 6.45) is 7.89. The molecule has 0 unspecified atom stereocenters. The SMILES string of the molecule is C#CC1(c2cccc(CN(C)C)c2)CC1. The van der Waals surface area contributed by atoms with Crippen LogP contribution in [0.1, 0.15) is 24.0 Å². The zero-order valence-electron chi connectivity index (χ0n) is 9.46. The van der Waals surface area contributed by atoms with E-state index in [0.29, 0.717) is 0 Å². The third kappa shape index (κ3) is 2.06. The van der Waals surface area contributed by atoms with E-state index in [4.69, 9.17) is 6.42 Å². The van der Waals surface area contributed by atoms with E-state index in [0.717, 1.165) is 19.4 Å². The van der Waals surface area contributed by atoms with Crippen LogP contribution in [0.2, 0.25) is 0 Å². The van der Waals surface area contributed by atoms with Gasteiger partial charge >= 0.3 is 0 Å². The van der Waals surface area contributed by atoms with E-state index < -0.39 is 0 Å². The monoisotopic (exact) mass is 199 g/mol. The molecule has 0 bridgehead atoms. The summed E-state index contributed by atoms with van der Waals surface area (Å²) in [5.41, 5.74) is 2.74. The minimum absolute atomic E-state index is 0.0717. The molecule has 0 spiro atoms. The first-order chi connectivity index (χ1) is 7.16. The van der Waals surface area contributed by atoms with Crippen LogP contribution in [-0.4, -0.2) is 19.0 Å². The highest BCUT2D eigenvalue weighted by Crippen LogP contribution is 2.47. The van der Waals surface area contributed by atoms with Crippen molar-refractivity contribution in [2.75, 3.05) is 14.1 Å². The number of hydrogen-bond acceptors (Lipinski definition) is 1. The molecule has 1 saturated carbocycles. The molecule has 0 heterocycles. The molecule has 1 aliphatic rings. The molecular formula is C14H17N. The Morgan fingerprint density at radius 3 is 2.67 bits per heavy atom. The Labute approximate surface area is 92.1 Å². The van der Waals surface area contributed by atoms with Crippen LogP contribution in [-0.2, 0) is 12.0 Å². The molecular weight excluding hydrogens is 182 g/mol. The topological polar surface area (TPSA) is 3.24 Å². The zero-order chi connectivity index (χ0) is 10.9. The van der Waals surface area contributed by atoms with Gasteiger partial charge in [0.05, 0.1) is 5.41 Å². The molecule has 78 valence electrons. The molecule has 0 N–H and O–H groups in total. The molecule has 1 aromatic rings. The van der Waals surface area contributed by atoms with Crippen LogP contribution in [0.4, 0.5) is 0 Å². The molecule has 0 amide bonds. The lowest BCUT2D eigenvalue weighted by Crippen LogP contribution is -2.11. The van der Waals surface area contributed by atoms with Crippen molar-refractivity contribution in [1.29, 1.82) is 0 Å². The van der Waals surface area contributed by atoms with Crippen molar-refractivity contribution in [2.45, 2.75) is 24.8 Å². The third-order valence-corrected chi connectivity index (χ3v) is 3.00. The number of nitrogens with zero attached hydrogens (tertiary/aromatic N) is 1. The van der Waals surface area contributed by atoms with Gasteiger partial charge in [-0.2, -0.15) is 0 Å². The van der Waals surface area contributed by atoms with Gasteiger partial charge in [-0.05, 0) is 38.1 Å². The van der Waals surface area contributed by atoms with Gasteiger partial charge in [0.1, 0.15) is 0 Å². The summed E-state index contributed by atoms with van der Waals surface area (Å²) in [6, 6.07) is 8.69. The predicted octanol–water partition coefficient (Wildman–Crippen LogP) is 2.41. The Hall–Kier alpha value is -1.26. The maximum absolute atomic E-state index is 5.59. The molecule has 0 atom stereocenters. The number of benzene rings is 1. The Kier molecular flexibility index (Phi) is 2.54. The highest BCUT2D eigenvalue weighted by atomic mass is 15.0. The van der Waals surface area contributed by atoms with Crippen molar-refractivity contribution < 1.29 is 0 Å². The normalized spacial score (nSPS) is 17.5. The van der Waals surface area contributed by atoms with Crippen LogP contribution in [0, 0.1) is 12.3 Å². The van der Waals surface area contributed by atoms with Crippen LogP contribution in [0.15, 0.2) is 24.3 Å². The lowest BCUT2D eigenvalue weighted by molar-refractivity contribution is 0.402. The van der Waals surface area contributed by atoms with Gasteiger partial charge in [-0.25, -0.2) is 0 Å². The van der Waals surface area contributed by atoms with E-state index in [2.05, 4.69) is 49.2 Å². The second kappa shape index (κ2) is 3.72. The van der Waals surface area contributed by atoms with Crippen molar-refractivity contribution in [3.63, 3.8) is 0 Å². The lowest BCUT2D eigenvalue weighted by atomic mass is 9.95. The first-order valence-electron chi connectivity index (χ1n) is 5.38. The van der Waals surface area contributed by atoms with Crippen LogP contribution in [0.3, 0.4) is 0 Å². The van der Waals surface area contributed by atoms with Gasteiger partial charge in [-0.1, -0.05) is 30.2 Å². The van der Waals surface area contributed by atoms with Crippen molar-refractivity contribution >= 4 is 0 Å².